The van der Waals surface area contributed by atoms with Crippen molar-refractivity contribution in [3.05, 3.63) is 23.0 Å². The molecule has 0 bridgehead atoms. The van der Waals surface area contributed by atoms with Crippen molar-refractivity contribution in [2.24, 2.45) is 10.1 Å². The molecule has 3 nitrogen and oxygen atoms in total. The zero-order valence-electron chi connectivity index (χ0n) is 10.2. The fourth-order valence-corrected chi connectivity index (χ4v) is 3.14. The largest absolute Gasteiger partial charge is 0.396 e. The summed E-state index contributed by atoms with van der Waals surface area (Å²) in [6.45, 7) is 4.02. The predicted octanol–water partition coefficient (Wildman–Crippen LogP) is 3.75. The third-order valence-electron chi connectivity index (χ3n) is 2.19. The van der Waals surface area contributed by atoms with E-state index in [4.69, 9.17) is 4.84 Å². The van der Waals surface area contributed by atoms with Gasteiger partial charge in [-0.3, -0.25) is 4.99 Å². The Hall–Kier alpha value is -1.24. The second-order valence-electron chi connectivity index (χ2n) is 3.48. The third kappa shape index (κ3) is 4.21. The number of oxime groups is 1. The lowest BCUT2D eigenvalue weighted by molar-refractivity contribution is 0.159. The first-order chi connectivity index (χ1) is 8.56. The quantitative estimate of drug-likeness (QED) is 0.449. The average molecular weight is 280 g/mol. The summed E-state index contributed by atoms with van der Waals surface area (Å²) in [6.07, 6.45) is -0.901. The van der Waals surface area contributed by atoms with Gasteiger partial charge in [-0.1, -0.05) is 5.16 Å². The smallest absolute Gasteiger partial charge is 0.301 e. The highest BCUT2D eigenvalue weighted by atomic mass is 32.2. The van der Waals surface area contributed by atoms with Crippen molar-refractivity contribution in [3.63, 3.8) is 0 Å². The summed E-state index contributed by atoms with van der Waals surface area (Å²) < 4.78 is 36.6. The molecule has 1 unspecified atom stereocenters. The fraction of sp³-hybridized carbons (Fsp3) is 0.455. The molecule has 0 aromatic heterocycles. The van der Waals surface area contributed by atoms with Gasteiger partial charge in [0.05, 0.1) is 5.71 Å². The van der Waals surface area contributed by atoms with Crippen LogP contribution in [0.5, 0.6) is 0 Å². The van der Waals surface area contributed by atoms with Crippen LogP contribution in [0.4, 0.5) is 13.2 Å². The number of aliphatic imine (C=N–C) groups is 1. The highest BCUT2D eigenvalue weighted by Crippen LogP contribution is 2.39. The number of nitrogens with zero attached hydrogens (tertiary/aromatic N) is 2. The van der Waals surface area contributed by atoms with E-state index < -0.39 is 22.8 Å². The molecule has 0 aliphatic carbocycles. The van der Waals surface area contributed by atoms with Crippen LogP contribution in [0, 0.1) is 0 Å². The van der Waals surface area contributed by atoms with Crippen molar-refractivity contribution in [2.75, 3.05) is 12.4 Å². The lowest BCUT2D eigenvalue weighted by atomic mass is 10.4. The average Bonchev–Trinajstić information content (AvgIpc) is 2.81. The minimum atomic E-state index is -2.24. The Kier molecular flexibility index (Phi) is 5.97. The molecule has 18 heavy (non-hydrogen) atoms. The monoisotopic (exact) mass is 280 g/mol. The fourth-order valence-electron chi connectivity index (χ4n) is 1.32. The van der Waals surface area contributed by atoms with Crippen LogP contribution in [0.15, 0.2) is 33.2 Å². The van der Waals surface area contributed by atoms with Gasteiger partial charge in [0, 0.05) is 23.1 Å². The Morgan fingerprint density at radius 3 is 2.78 bits per heavy atom. The maximum atomic E-state index is 12.7. The van der Waals surface area contributed by atoms with Crippen LogP contribution in [0.1, 0.15) is 20.3 Å². The third-order valence-corrected chi connectivity index (χ3v) is 4.37. The van der Waals surface area contributed by atoms with E-state index in [0.717, 1.165) is 4.91 Å². The maximum Gasteiger partial charge on any atom is 0.301 e. The summed E-state index contributed by atoms with van der Waals surface area (Å²) >= 11 is 0. The van der Waals surface area contributed by atoms with Gasteiger partial charge in [0.1, 0.15) is 6.61 Å². The van der Waals surface area contributed by atoms with E-state index in [1.54, 1.807) is 18.7 Å². The van der Waals surface area contributed by atoms with Crippen molar-refractivity contribution in [3.8, 4) is 0 Å². The van der Waals surface area contributed by atoms with Crippen LogP contribution in [0.2, 0.25) is 0 Å². The summed E-state index contributed by atoms with van der Waals surface area (Å²) in [6, 6.07) is 0. The Morgan fingerprint density at radius 2 is 2.17 bits per heavy atom. The minimum Gasteiger partial charge on any atom is -0.396 e. The summed E-state index contributed by atoms with van der Waals surface area (Å²) in [5.41, 5.74) is 2.32. The number of hydrogen-bond donors (Lipinski definition) is 1. The van der Waals surface area contributed by atoms with Crippen LogP contribution in [-0.4, -0.2) is 23.6 Å². The molecule has 1 atom stereocenters. The van der Waals surface area contributed by atoms with E-state index in [0.29, 0.717) is 18.1 Å². The second kappa shape index (κ2) is 7.25. The van der Waals surface area contributed by atoms with Gasteiger partial charge in [-0.15, -0.1) is 0 Å². The van der Waals surface area contributed by atoms with E-state index in [9.17, 15) is 13.2 Å². The van der Waals surface area contributed by atoms with Gasteiger partial charge in [0.25, 0.3) is 0 Å². The Labute approximate surface area is 106 Å². The maximum absolute atomic E-state index is 12.7. The Balaban J connectivity index is 2.60. The summed E-state index contributed by atoms with van der Waals surface area (Å²) in [5, 5.41) is 3.87. The topological polar surface area (TPSA) is 34.0 Å². The minimum absolute atomic E-state index is 0.278. The lowest BCUT2D eigenvalue weighted by Crippen LogP contribution is -2.01. The molecule has 0 amide bonds. The zero-order chi connectivity index (χ0) is 13.5. The first-order valence-electron chi connectivity index (χ1n) is 5.43. The van der Waals surface area contributed by atoms with Gasteiger partial charge in [0.15, 0.2) is 5.83 Å². The van der Waals surface area contributed by atoms with Crippen LogP contribution < -0.4 is 0 Å². The van der Waals surface area contributed by atoms with Gasteiger partial charge < -0.3 is 4.84 Å². The lowest BCUT2D eigenvalue weighted by Gasteiger charge is -2.15. The molecule has 0 saturated carbocycles. The molecule has 1 rings (SSSR count). The SMILES string of the molecule is CCO/N=C(/C)C1=CN=C[SH]1CCC(F)=C(F)F. The van der Waals surface area contributed by atoms with Crippen molar-refractivity contribution < 1.29 is 18.0 Å². The molecular weight excluding hydrogens is 265 g/mol. The van der Waals surface area contributed by atoms with Crippen molar-refractivity contribution in [1.29, 1.82) is 0 Å². The predicted molar refractivity (Wildman–Crippen MR) is 70.1 cm³/mol. The van der Waals surface area contributed by atoms with E-state index in [1.165, 1.54) is 0 Å². The van der Waals surface area contributed by atoms with E-state index in [1.807, 2.05) is 6.92 Å². The van der Waals surface area contributed by atoms with E-state index in [-0.39, 0.29) is 6.42 Å². The molecule has 0 saturated heterocycles. The molecule has 7 heteroatoms. The molecule has 0 aromatic rings. The first-order valence-corrected chi connectivity index (χ1v) is 7.02. The van der Waals surface area contributed by atoms with Gasteiger partial charge in [-0.05, 0) is 19.6 Å². The van der Waals surface area contributed by atoms with Gasteiger partial charge in [0.2, 0.25) is 0 Å². The molecule has 102 valence electrons. The summed E-state index contributed by atoms with van der Waals surface area (Å²) in [7, 11) is -0.871. The number of allylic oxidation sites excluding steroid dienone is 2. The standard InChI is InChI=1S/C11H15F3N2OS/c1-3-17-16-8(2)10-6-15-7-18(10)5-4-9(12)11(13)14/h6-7,18H,3-5H2,1-2H3/b16-8-. The molecule has 0 N–H and O–H groups in total. The number of thiol groups is 1. The van der Waals surface area contributed by atoms with Crippen LogP contribution in [0.3, 0.4) is 0 Å². The molecule has 0 radical (unpaired) electrons. The molecule has 1 aliphatic rings. The summed E-state index contributed by atoms with van der Waals surface area (Å²) in [5.74, 6) is -1.05. The number of hydrogen-bond acceptors (Lipinski definition) is 3. The van der Waals surface area contributed by atoms with Gasteiger partial charge in [-0.25, -0.2) is 4.39 Å². The molecule has 0 fully saturated rings. The normalized spacial score (nSPS) is 20.8. The van der Waals surface area contributed by atoms with Gasteiger partial charge >= 0.3 is 6.08 Å². The van der Waals surface area contributed by atoms with Crippen LogP contribution in [0.25, 0.3) is 0 Å². The second-order valence-corrected chi connectivity index (χ2v) is 5.58. The molecule has 0 aromatic carbocycles. The van der Waals surface area contributed by atoms with Crippen molar-refractivity contribution >= 4 is 22.2 Å². The molecule has 1 aliphatic heterocycles. The van der Waals surface area contributed by atoms with Crippen LogP contribution in [-0.2, 0) is 4.84 Å². The Morgan fingerprint density at radius 1 is 1.44 bits per heavy atom. The van der Waals surface area contributed by atoms with E-state index >= 15 is 0 Å². The highest BCUT2D eigenvalue weighted by molar-refractivity contribution is 8.32. The number of halogens is 3. The van der Waals surface area contributed by atoms with Crippen LogP contribution >= 0.6 is 10.9 Å². The van der Waals surface area contributed by atoms with Gasteiger partial charge in [-0.2, -0.15) is 19.7 Å². The molecular formula is C11H15F3N2OS. The molecule has 0 spiro atoms. The van der Waals surface area contributed by atoms with Crippen molar-refractivity contribution in [2.45, 2.75) is 20.3 Å². The Bertz CT molecular complexity index is 415. The molecule has 1 heterocycles. The summed E-state index contributed by atoms with van der Waals surface area (Å²) in [4.78, 5) is 9.73. The zero-order valence-corrected chi connectivity index (χ0v) is 11.1. The highest BCUT2D eigenvalue weighted by Gasteiger charge is 2.17. The first kappa shape index (κ1) is 14.8. The van der Waals surface area contributed by atoms with Crippen molar-refractivity contribution in [1.82, 2.24) is 0 Å². The van der Waals surface area contributed by atoms with E-state index in [2.05, 4.69) is 10.1 Å². The number of rotatable bonds is 6.